The van der Waals surface area contributed by atoms with Crippen molar-refractivity contribution in [2.75, 3.05) is 26.8 Å². The van der Waals surface area contributed by atoms with E-state index in [1.165, 1.54) is 5.56 Å². The number of hydrogen-bond donors (Lipinski definition) is 1. The van der Waals surface area contributed by atoms with Crippen LogP contribution in [-0.2, 0) is 10.2 Å². The number of rotatable bonds is 6. The number of hydrogen-bond acceptors (Lipinski definition) is 4. The molecule has 1 aliphatic rings. The minimum absolute atomic E-state index is 0.0213. The second-order valence-corrected chi connectivity index (χ2v) is 9.37. The van der Waals surface area contributed by atoms with Crippen LogP contribution in [0.2, 0.25) is 0 Å². The van der Waals surface area contributed by atoms with E-state index in [-0.39, 0.29) is 29.9 Å². The fourth-order valence-corrected chi connectivity index (χ4v) is 3.99. The molecule has 1 N–H and O–H groups in total. The quantitative estimate of drug-likeness (QED) is 0.737. The molecule has 0 unspecified atom stereocenters. The molecule has 0 atom stereocenters. The lowest BCUT2D eigenvalue weighted by Crippen LogP contribution is -2.47. The number of para-hydroxylation sites is 1. The first-order valence-electron chi connectivity index (χ1n) is 11.1. The van der Waals surface area contributed by atoms with Crippen LogP contribution in [0, 0.1) is 6.92 Å². The van der Waals surface area contributed by atoms with Gasteiger partial charge in [-0.15, -0.1) is 0 Å². The SMILES string of the molecule is COc1ccccc1C(=O)N1CCC(NC(=O)COc2ccc(C)cc2C(C)(C)C)CC1. The highest BCUT2D eigenvalue weighted by Gasteiger charge is 2.26. The molecular weight excluding hydrogens is 404 g/mol. The maximum atomic E-state index is 12.8. The van der Waals surface area contributed by atoms with Crippen molar-refractivity contribution in [1.82, 2.24) is 10.2 Å². The Morgan fingerprint density at radius 3 is 2.41 bits per heavy atom. The molecule has 0 aliphatic carbocycles. The maximum absolute atomic E-state index is 12.8. The zero-order valence-corrected chi connectivity index (χ0v) is 19.7. The van der Waals surface area contributed by atoms with E-state index in [0.717, 1.165) is 11.3 Å². The van der Waals surface area contributed by atoms with Gasteiger partial charge in [-0.1, -0.05) is 50.6 Å². The van der Waals surface area contributed by atoms with E-state index in [0.29, 0.717) is 37.2 Å². The van der Waals surface area contributed by atoms with E-state index < -0.39 is 0 Å². The first-order chi connectivity index (χ1) is 15.2. The van der Waals surface area contributed by atoms with Crippen molar-refractivity contribution >= 4 is 11.8 Å². The van der Waals surface area contributed by atoms with Gasteiger partial charge in [-0.2, -0.15) is 0 Å². The number of likely N-dealkylation sites (tertiary alicyclic amines) is 1. The Balaban J connectivity index is 1.51. The van der Waals surface area contributed by atoms with Gasteiger partial charge < -0.3 is 19.7 Å². The molecule has 32 heavy (non-hydrogen) atoms. The minimum atomic E-state index is -0.139. The molecule has 1 saturated heterocycles. The Bertz CT molecular complexity index is 957. The van der Waals surface area contributed by atoms with Crippen LogP contribution in [0.25, 0.3) is 0 Å². The third-order valence-corrected chi connectivity index (χ3v) is 5.79. The van der Waals surface area contributed by atoms with Crippen molar-refractivity contribution in [3.05, 3.63) is 59.2 Å². The molecule has 0 radical (unpaired) electrons. The highest BCUT2D eigenvalue weighted by Crippen LogP contribution is 2.32. The van der Waals surface area contributed by atoms with Gasteiger partial charge >= 0.3 is 0 Å². The van der Waals surface area contributed by atoms with Gasteiger partial charge in [-0.25, -0.2) is 0 Å². The fraction of sp³-hybridized carbons (Fsp3) is 0.462. The van der Waals surface area contributed by atoms with E-state index >= 15 is 0 Å². The molecule has 3 rings (SSSR count). The Hall–Kier alpha value is -3.02. The molecule has 2 aromatic rings. The number of amides is 2. The molecular formula is C26H34N2O4. The number of benzene rings is 2. The summed E-state index contributed by atoms with van der Waals surface area (Å²) in [7, 11) is 1.57. The standard InChI is InChI=1S/C26H34N2O4/c1-18-10-11-23(21(16-18)26(2,3)4)32-17-24(29)27-19-12-14-28(15-13-19)25(30)20-8-6-7-9-22(20)31-5/h6-11,16,19H,12-15,17H2,1-5H3,(H,27,29). The van der Waals surface area contributed by atoms with Crippen molar-refractivity contribution in [3.63, 3.8) is 0 Å². The summed E-state index contributed by atoms with van der Waals surface area (Å²) in [5.41, 5.74) is 2.76. The molecule has 2 amide bonds. The van der Waals surface area contributed by atoms with Crippen molar-refractivity contribution in [3.8, 4) is 11.5 Å². The molecule has 0 bridgehead atoms. The minimum Gasteiger partial charge on any atom is -0.496 e. The number of methoxy groups -OCH3 is 1. The summed E-state index contributed by atoms with van der Waals surface area (Å²) >= 11 is 0. The Morgan fingerprint density at radius 2 is 1.75 bits per heavy atom. The third kappa shape index (κ3) is 5.81. The van der Waals surface area contributed by atoms with Crippen molar-refractivity contribution < 1.29 is 19.1 Å². The summed E-state index contributed by atoms with van der Waals surface area (Å²) in [4.78, 5) is 27.2. The average Bonchev–Trinajstić information content (AvgIpc) is 2.77. The van der Waals surface area contributed by atoms with Crippen molar-refractivity contribution in [1.29, 1.82) is 0 Å². The summed E-state index contributed by atoms with van der Waals surface area (Å²) in [6, 6.07) is 13.3. The Labute approximate surface area is 190 Å². The van der Waals surface area contributed by atoms with Gasteiger partial charge in [0.05, 0.1) is 12.7 Å². The van der Waals surface area contributed by atoms with Gasteiger partial charge in [0.2, 0.25) is 0 Å². The maximum Gasteiger partial charge on any atom is 0.258 e. The fourth-order valence-electron chi connectivity index (χ4n) is 3.99. The highest BCUT2D eigenvalue weighted by molar-refractivity contribution is 5.97. The second kappa shape index (κ2) is 10.1. The molecule has 0 aromatic heterocycles. The van der Waals surface area contributed by atoms with Gasteiger partial charge in [-0.3, -0.25) is 9.59 Å². The smallest absolute Gasteiger partial charge is 0.258 e. The number of carbonyl (C=O) groups is 2. The Kier molecular flexibility index (Phi) is 7.44. The molecule has 0 saturated carbocycles. The lowest BCUT2D eigenvalue weighted by atomic mass is 9.85. The molecule has 0 spiro atoms. The van der Waals surface area contributed by atoms with E-state index in [1.807, 2.05) is 29.2 Å². The molecule has 1 aliphatic heterocycles. The third-order valence-electron chi connectivity index (χ3n) is 5.79. The average molecular weight is 439 g/mol. The van der Waals surface area contributed by atoms with E-state index in [9.17, 15) is 9.59 Å². The summed E-state index contributed by atoms with van der Waals surface area (Å²) in [5.74, 6) is 1.15. The molecule has 172 valence electrons. The van der Waals surface area contributed by atoms with Crippen LogP contribution in [0.5, 0.6) is 11.5 Å². The predicted molar refractivity (Wildman–Crippen MR) is 125 cm³/mol. The van der Waals surface area contributed by atoms with Crippen LogP contribution in [0.4, 0.5) is 0 Å². The normalized spacial score (nSPS) is 14.7. The lowest BCUT2D eigenvalue weighted by molar-refractivity contribution is -0.124. The topological polar surface area (TPSA) is 67.9 Å². The zero-order valence-electron chi connectivity index (χ0n) is 19.7. The molecule has 1 fully saturated rings. The number of nitrogens with zero attached hydrogens (tertiary/aromatic N) is 1. The number of nitrogens with one attached hydrogen (secondary N) is 1. The van der Waals surface area contributed by atoms with Gasteiger partial charge in [0, 0.05) is 19.1 Å². The number of aryl methyl sites for hydroxylation is 1. The molecule has 6 nitrogen and oxygen atoms in total. The first-order valence-corrected chi connectivity index (χ1v) is 11.1. The summed E-state index contributed by atoms with van der Waals surface area (Å²) in [5, 5.41) is 3.05. The van der Waals surface area contributed by atoms with E-state index in [1.54, 1.807) is 19.2 Å². The Morgan fingerprint density at radius 1 is 1.06 bits per heavy atom. The van der Waals surface area contributed by atoms with Gasteiger partial charge in [-0.05, 0) is 48.9 Å². The van der Waals surface area contributed by atoms with Crippen LogP contribution >= 0.6 is 0 Å². The van der Waals surface area contributed by atoms with Gasteiger partial charge in [0.1, 0.15) is 11.5 Å². The van der Waals surface area contributed by atoms with Crippen LogP contribution in [0.1, 0.15) is 55.1 Å². The number of piperidine rings is 1. The monoisotopic (exact) mass is 438 g/mol. The molecule has 2 aromatic carbocycles. The van der Waals surface area contributed by atoms with Crippen LogP contribution in [0.3, 0.4) is 0 Å². The van der Waals surface area contributed by atoms with Crippen LogP contribution in [-0.4, -0.2) is 49.6 Å². The number of carbonyl (C=O) groups excluding carboxylic acids is 2. The zero-order chi connectivity index (χ0) is 23.3. The van der Waals surface area contributed by atoms with Crippen LogP contribution < -0.4 is 14.8 Å². The largest absolute Gasteiger partial charge is 0.496 e. The van der Waals surface area contributed by atoms with Gasteiger partial charge in [0.15, 0.2) is 6.61 Å². The second-order valence-electron chi connectivity index (χ2n) is 9.37. The highest BCUT2D eigenvalue weighted by atomic mass is 16.5. The summed E-state index contributed by atoms with van der Waals surface area (Å²) in [6.07, 6.45) is 1.43. The summed E-state index contributed by atoms with van der Waals surface area (Å²) < 4.78 is 11.2. The molecule has 6 heteroatoms. The van der Waals surface area contributed by atoms with E-state index in [4.69, 9.17) is 9.47 Å². The van der Waals surface area contributed by atoms with Crippen LogP contribution in [0.15, 0.2) is 42.5 Å². The van der Waals surface area contributed by atoms with E-state index in [2.05, 4.69) is 39.1 Å². The first kappa shape index (κ1) is 23.6. The van der Waals surface area contributed by atoms with Gasteiger partial charge in [0.25, 0.3) is 11.8 Å². The predicted octanol–water partition coefficient (Wildman–Crippen LogP) is 4.10. The molecule has 1 heterocycles. The van der Waals surface area contributed by atoms with Crippen molar-refractivity contribution in [2.24, 2.45) is 0 Å². The number of ether oxygens (including phenoxy) is 2. The lowest BCUT2D eigenvalue weighted by Gasteiger charge is -2.32. The summed E-state index contributed by atoms with van der Waals surface area (Å²) in [6.45, 7) is 9.62. The van der Waals surface area contributed by atoms with Crippen molar-refractivity contribution in [2.45, 2.75) is 52.0 Å².